The Kier molecular flexibility index (Phi) is 2.73. The van der Waals surface area contributed by atoms with E-state index in [1.54, 1.807) is 0 Å². The van der Waals surface area contributed by atoms with Crippen molar-refractivity contribution in [3.63, 3.8) is 0 Å². The molecule has 1 saturated carbocycles. The molecule has 86 valence electrons. The number of hydrogen-bond donors (Lipinski definition) is 1. The highest BCUT2D eigenvalue weighted by Crippen LogP contribution is 2.37. The smallest absolute Gasteiger partial charge is 0.0137 e. The SMILES string of the molecule is CCC1C2CNCC2CN1CC1CCC1. The van der Waals surface area contributed by atoms with Crippen molar-refractivity contribution in [2.75, 3.05) is 26.2 Å². The summed E-state index contributed by atoms with van der Waals surface area (Å²) in [6.07, 6.45) is 5.85. The van der Waals surface area contributed by atoms with Gasteiger partial charge in [0.05, 0.1) is 0 Å². The lowest BCUT2D eigenvalue weighted by molar-refractivity contribution is 0.148. The zero-order valence-corrected chi connectivity index (χ0v) is 9.91. The number of fused-ring (bicyclic) bond motifs is 1. The summed E-state index contributed by atoms with van der Waals surface area (Å²) < 4.78 is 0. The Balaban J connectivity index is 1.62. The van der Waals surface area contributed by atoms with Gasteiger partial charge < -0.3 is 5.32 Å². The molecule has 2 nitrogen and oxygen atoms in total. The maximum Gasteiger partial charge on any atom is 0.0137 e. The van der Waals surface area contributed by atoms with Crippen molar-refractivity contribution >= 4 is 0 Å². The summed E-state index contributed by atoms with van der Waals surface area (Å²) in [7, 11) is 0. The van der Waals surface area contributed by atoms with Gasteiger partial charge in [0.1, 0.15) is 0 Å². The van der Waals surface area contributed by atoms with Crippen LogP contribution in [0.2, 0.25) is 0 Å². The van der Waals surface area contributed by atoms with Crippen LogP contribution in [0.25, 0.3) is 0 Å². The van der Waals surface area contributed by atoms with E-state index in [1.165, 1.54) is 51.9 Å². The van der Waals surface area contributed by atoms with Crippen LogP contribution in [0, 0.1) is 17.8 Å². The average Bonchev–Trinajstić information content (AvgIpc) is 2.69. The van der Waals surface area contributed by atoms with Gasteiger partial charge in [-0.1, -0.05) is 13.3 Å². The molecule has 0 aromatic carbocycles. The van der Waals surface area contributed by atoms with E-state index in [4.69, 9.17) is 0 Å². The fraction of sp³-hybridized carbons (Fsp3) is 1.00. The number of hydrogen-bond acceptors (Lipinski definition) is 2. The van der Waals surface area contributed by atoms with Crippen LogP contribution in [0.15, 0.2) is 0 Å². The number of rotatable bonds is 3. The van der Waals surface area contributed by atoms with E-state index in [2.05, 4.69) is 17.1 Å². The van der Waals surface area contributed by atoms with Crippen LogP contribution < -0.4 is 5.32 Å². The molecule has 3 aliphatic rings. The third kappa shape index (κ3) is 1.72. The molecule has 0 amide bonds. The topological polar surface area (TPSA) is 15.3 Å². The quantitative estimate of drug-likeness (QED) is 0.759. The van der Waals surface area contributed by atoms with Gasteiger partial charge in [-0.2, -0.15) is 0 Å². The summed E-state index contributed by atoms with van der Waals surface area (Å²) in [6, 6.07) is 0.894. The molecule has 15 heavy (non-hydrogen) atoms. The molecule has 3 unspecified atom stereocenters. The maximum absolute atomic E-state index is 3.56. The summed E-state index contributed by atoms with van der Waals surface area (Å²) in [4.78, 5) is 2.82. The predicted molar refractivity (Wildman–Crippen MR) is 62.8 cm³/mol. The first kappa shape index (κ1) is 10.1. The van der Waals surface area contributed by atoms with Crippen molar-refractivity contribution in [1.82, 2.24) is 10.2 Å². The Morgan fingerprint density at radius 1 is 1.27 bits per heavy atom. The van der Waals surface area contributed by atoms with Crippen molar-refractivity contribution in [2.24, 2.45) is 17.8 Å². The van der Waals surface area contributed by atoms with Gasteiger partial charge in [-0.3, -0.25) is 4.90 Å². The van der Waals surface area contributed by atoms with Gasteiger partial charge in [-0.25, -0.2) is 0 Å². The maximum atomic E-state index is 3.56. The summed E-state index contributed by atoms with van der Waals surface area (Å²) >= 11 is 0. The van der Waals surface area contributed by atoms with E-state index in [1.807, 2.05) is 0 Å². The van der Waals surface area contributed by atoms with Crippen LogP contribution in [0.4, 0.5) is 0 Å². The van der Waals surface area contributed by atoms with E-state index >= 15 is 0 Å². The van der Waals surface area contributed by atoms with E-state index < -0.39 is 0 Å². The van der Waals surface area contributed by atoms with Gasteiger partial charge in [0, 0.05) is 19.1 Å². The molecule has 2 aliphatic heterocycles. The Morgan fingerprint density at radius 3 is 2.80 bits per heavy atom. The minimum Gasteiger partial charge on any atom is -0.316 e. The van der Waals surface area contributed by atoms with E-state index in [9.17, 15) is 0 Å². The molecule has 3 rings (SSSR count). The Labute approximate surface area is 93.4 Å². The highest BCUT2D eigenvalue weighted by Gasteiger charge is 2.43. The molecule has 2 saturated heterocycles. The number of nitrogens with zero attached hydrogens (tertiary/aromatic N) is 1. The lowest BCUT2D eigenvalue weighted by atomic mass is 9.85. The van der Waals surface area contributed by atoms with Crippen LogP contribution in [-0.4, -0.2) is 37.1 Å². The summed E-state index contributed by atoms with van der Waals surface area (Å²) in [5.41, 5.74) is 0. The molecular weight excluding hydrogens is 184 g/mol. The molecule has 3 atom stereocenters. The third-order valence-electron chi connectivity index (χ3n) is 4.96. The summed E-state index contributed by atoms with van der Waals surface area (Å²) in [5.74, 6) is 2.98. The normalized spacial score (nSPS) is 41.8. The molecule has 2 heterocycles. The molecule has 0 aromatic rings. The fourth-order valence-corrected chi connectivity index (χ4v) is 3.89. The monoisotopic (exact) mass is 208 g/mol. The van der Waals surface area contributed by atoms with Crippen LogP contribution >= 0.6 is 0 Å². The molecule has 3 fully saturated rings. The summed E-state index contributed by atoms with van der Waals surface area (Å²) in [6.45, 7) is 7.73. The lowest BCUT2D eigenvalue weighted by Crippen LogP contribution is -2.39. The van der Waals surface area contributed by atoms with Crippen molar-refractivity contribution in [3.05, 3.63) is 0 Å². The van der Waals surface area contributed by atoms with Gasteiger partial charge in [0.15, 0.2) is 0 Å². The Bertz CT molecular complexity index is 223. The van der Waals surface area contributed by atoms with Crippen molar-refractivity contribution in [1.29, 1.82) is 0 Å². The van der Waals surface area contributed by atoms with E-state index in [0.717, 1.165) is 23.8 Å². The molecule has 0 aromatic heterocycles. The van der Waals surface area contributed by atoms with Gasteiger partial charge >= 0.3 is 0 Å². The van der Waals surface area contributed by atoms with Crippen LogP contribution in [0.5, 0.6) is 0 Å². The van der Waals surface area contributed by atoms with Crippen molar-refractivity contribution in [2.45, 2.75) is 38.6 Å². The largest absolute Gasteiger partial charge is 0.316 e. The highest BCUT2D eigenvalue weighted by atomic mass is 15.2. The van der Waals surface area contributed by atoms with Gasteiger partial charge in [0.25, 0.3) is 0 Å². The Morgan fingerprint density at radius 2 is 2.13 bits per heavy atom. The first-order valence-electron chi connectivity index (χ1n) is 6.83. The van der Waals surface area contributed by atoms with Crippen LogP contribution in [0.1, 0.15) is 32.6 Å². The molecular formula is C13H24N2. The standard InChI is InChI=1S/C13H24N2/c1-2-13-12-7-14-6-11(12)9-15(13)8-10-4-3-5-10/h10-14H,2-9H2,1H3. The molecule has 0 spiro atoms. The van der Waals surface area contributed by atoms with Crippen LogP contribution in [0.3, 0.4) is 0 Å². The van der Waals surface area contributed by atoms with Crippen molar-refractivity contribution in [3.8, 4) is 0 Å². The second kappa shape index (κ2) is 4.06. The van der Waals surface area contributed by atoms with Gasteiger partial charge in [0.2, 0.25) is 0 Å². The molecule has 1 aliphatic carbocycles. The predicted octanol–water partition coefficient (Wildman–Crippen LogP) is 1.72. The van der Waals surface area contributed by atoms with Crippen molar-refractivity contribution < 1.29 is 0 Å². The Hall–Kier alpha value is -0.0800. The second-order valence-electron chi connectivity index (χ2n) is 5.81. The minimum absolute atomic E-state index is 0.894. The van der Waals surface area contributed by atoms with Gasteiger partial charge in [-0.05, 0) is 50.1 Å². The number of nitrogens with one attached hydrogen (secondary N) is 1. The first-order valence-corrected chi connectivity index (χ1v) is 6.83. The molecule has 2 heteroatoms. The van der Waals surface area contributed by atoms with E-state index in [-0.39, 0.29) is 0 Å². The number of likely N-dealkylation sites (tertiary alicyclic amines) is 1. The third-order valence-corrected chi connectivity index (χ3v) is 4.96. The molecule has 0 radical (unpaired) electrons. The lowest BCUT2D eigenvalue weighted by Gasteiger charge is -2.34. The minimum atomic E-state index is 0.894. The van der Waals surface area contributed by atoms with Gasteiger partial charge in [-0.15, -0.1) is 0 Å². The second-order valence-corrected chi connectivity index (χ2v) is 5.81. The van der Waals surface area contributed by atoms with Crippen LogP contribution in [-0.2, 0) is 0 Å². The fourth-order valence-electron chi connectivity index (χ4n) is 3.89. The average molecular weight is 208 g/mol. The first-order chi connectivity index (χ1) is 7.38. The molecule has 0 bridgehead atoms. The zero-order chi connectivity index (χ0) is 10.3. The molecule has 1 N–H and O–H groups in total. The van der Waals surface area contributed by atoms with E-state index in [0.29, 0.717) is 0 Å². The summed E-state index contributed by atoms with van der Waals surface area (Å²) in [5, 5.41) is 3.56. The highest BCUT2D eigenvalue weighted by molar-refractivity contribution is 4.98. The zero-order valence-electron chi connectivity index (χ0n) is 9.91.